The van der Waals surface area contributed by atoms with Gasteiger partial charge in [-0.15, -0.1) is 24.8 Å². The third-order valence-electron chi connectivity index (χ3n) is 9.76. The number of H-pyrrole nitrogens is 1. The van der Waals surface area contributed by atoms with E-state index in [2.05, 4.69) is 20.3 Å². The monoisotopic (exact) mass is 658 g/mol. The Morgan fingerprint density at radius 2 is 1.57 bits per heavy atom. The number of halogens is 2. The van der Waals surface area contributed by atoms with Crippen LogP contribution in [0.15, 0.2) is 12.4 Å². The van der Waals surface area contributed by atoms with Crippen LogP contribution in [0.25, 0.3) is 11.2 Å². The van der Waals surface area contributed by atoms with Crippen LogP contribution in [0.3, 0.4) is 0 Å². The Kier molecular flexibility index (Phi) is 12.3. The topological polar surface area (TPSA) is 189 Å². The smallest absolute Gasteiger partial charge is 0.326 e. The molecule has 2 aromatic heterocycles. The van der Waals surface area contributed by atoms with Gasteiger partial charge in [-0.25, -0.2) is 9.97 Å². The van der Waals surface area contributed by atoms with Crippen LogP contribution in [0.1, 0.15) is 127 Å². The van der Waals surface area contributed by atoms with Crippen LogP contribution in [-0.4, -0.2) is 71.5 Å². The summed E-state index contributed by atoms with van der Waals surface area (Å²) in [6, 6.07) is 0. The number of ether oxygens (including phenoxy) is 1. The van der Waals surface area contributed by atoms with E-state index in [1.54, 1.807) is 47.0 Å². The van der Waals surface area contributed by atoms with E-state index in [1.165, 1.54) is 6.42 Å². The molecule has 0 aliphatic heterocycles. The number of rotatable bonds is 7. The van der Waals surface area contributed by atoms with Crippen LogP contribution in [0.5, 0.6) is 0 Å². The quantitative estimate of drug-likeness (QED) is 0.237. The van der Waals surface area contributed by atoms with Crippen LogP contribution in [0.2, 0.25) is 0 Å². The standard InChI is InChI=1S/C17H22N4O2.C7H13NO2.C7H15NO.2ClH/c1-16(2,23)17(6-3-7-17)21-15(22)11-8-18-14-13(11)20-12(9-19-14)10-4-5-10;1-2-10-6(9)7(8)4-3-5-7;1-6(2,9)7(8)4-3-5-7;;/h8-10,23H,3-7H2,1-2H3,(H,18,19)(H,21,22);2-5,8H2,1H3;9H,3-5,8H2,1-2H3;2*1H. The zero-order valence-electron chi connectivity index (χ0n) is 26.7. The van der Waals surface area contributed by atoms with Gasteiger partial charge in [-0.05, 0) is 105 Å². The molecule has 44 heavy (non-hydrogen) atoms. The summed E-state index contributed by atoms with van der Waals surface area (Å²) in [7, 11) is 0. The molecule has 4 aliphatic carbocycles. The molecule has 0 saturated heterocycles. The van der Waals surface area contributed by atoms with Crippen molar-refractivity contribution >= 4 is 47.9 Å². The number of carbonyl (C=O) groups excluding carboxylic acids is 2. The summed E-state index contributed by atoms with van der Waals surface area (Å²) in [6.45, 7) is 9.30. The van der Waals surface area contributed by atoms with Gasteiger partial charge in [0.25, 0.3) is 5.91 Å². The van der Waals surface area contributed by atoms with Crippen molar-refractivity contribution in [2.24, 2.45) is 11.5 Å². The van der Waals surface area contributed by atoms with Gasteiger partial charge in [0.15, 0.2) is 5.65 Å². The largest absolute Gasteiger partial charge is 0.465 e. The summed E-state index contributed by atoms with van der Waals surface area (Å²) >= 11 is 0. The number of nitrogens with zero attached hydrogens (tertiary/aromatic N) is 2. The lowest BCUT2D eigenvalue weighted by Gasteiger charge is -2.50. The van der Waals surface area contributed by atoms with Crippen molar-refractivity contribution in [2.75, 3.05) is 6.61 Å². The summed E-state index contributed by atoms with van der Waals surface area (Å²) in [6.07, 6.45) is 14.1. The Labute approximate surface area is 272 Å². The molecule has 2 heterocycles. The van der Waals surface area contributed by atoms with E-state index in [0.717, 1.165) is 69.9 Å². The minimum Gasteiger partial charge on any atom is -0.465 e. The van der Waals surface area contributed by atoms with Crippen LogP contribution < -0.4 is 16.8 Å². The van der Waals surface area contributed by atoms with Crippen LogP contribution >= 0.6 is 24.8 Å². The third-order valence-corrected chi connectivity index (χ3v) is 9.76. The van der Waals surface area contributed by atoms with Crippen molar-refractivity contribution in [1.82, 2.24) is 20.3 Å². The molecule has 0 spiro atoms. The fourth-order valence-electron chi connectivity index (χ4n) is 5.56. The Balaban J connectivity index is 0.000000268. The van der Waals surface area contributed by atoms with Crippen LogP contribution in [0, 0.1) is 0 Å². The van der Waals surface area contributed by atoms with E-state index < -0.39 is 22.3 Å². The maximum absolute atomic E-state index is 12.8. The number of aliphatic hydroxyl groups is 2. The van der Waals surface area contributed by atoms with E-state index in [-0.39, 0.29) is 42.2 Å². The van der Waals surface area contributed by atoms with Crippen molar-refractivity contribution in [3.8, 4) is 0 Å². The van der Waals surface area contributed by atoms with E-state index in [4.69, 9.17) is 16.2 Å². The maximum atomic E-state index is 12.8. The highest BCUT2D eigenvalue weighted by molar-refractivity contribution is 6.04. The van der Waals surface area contributed by atoms with Crippen molar-refractivity contribution in [1.29, 1.82) is 0 Å². The first-order chi connectivity index (χ1) is 19.5. The van der Waals surface area contributed by atoms with Gasteiger partial charge in [0, 0.05) is 17.7 Å². The number of nitrogens with one attached hydrogen (secondary N) is 2. The summed E-state index contributed by atoms with van der Waals surface area (Å²) in [5, 5.41) is 22.9. The fraction of sp³-hybridized carbons (Fsp3) is 0.742. The molecule has 2 aromatic rings. The van der Waals surface area contributed by atoms with Crippen molar-refractivity contribution in [2.45, 2.75) is 139 Å². The number of hydrogen-bond acceptors (Lipinski definition) is 9. The molecule has 1 amide bonds. The Bertz CT molecular complexity index is 1270. The van der Waals surface area contributed by atoms with Crippen molar-refractivity contribution in [3.63, 3.8) is 0 Å². The molecule has 8 N–H and O–H groups in total. The van der Waals surface area contributed by atoms with Gasteiger partial charge in [0.05, 0.1) is 40.8 Å². The fourth-order valence-corrected chi connectivity index (χ4v) is 5.56. The predicted octanol–water partition coefficient (Wildman–Crippen LogP) is 4.17. The number of fused-ring (bicyclic) bond motifs is 1. The Hall–Kier alpha value is -2.02. The third kappa shape index (κ3) is 8.03. The van der Waals surface area contributed by atoms with Gasteiger partial charge in [-0.3, -0.25) is 9.59 Å². The van der Waals surface area contributed by atoms with Crippen molar-refractivity contribution in [3.05, 3.63) is 23.7 Å². The minimum atomic E-state index is -0.947. The molecule has 4 aliphatic rings. The number of hydrogen-bond donors (Lipinski definition) is 6. The average molecular weight is 660 g/mol. The van der Waals surface area contributed by atoms with E-state index in [0.29, 0.717) is 29.3 Å². The van der Waals surface area contributed by atoms with Crippen LogP contribution in [-0.2, 0) is 9.53 Å². The van der Waals surface area contributed by atoms with E-state index in [9.17, 15) is 19.8 Å². The number of esters is 1. The van der Waals surface area contributed by atoms with Crippen LogP contribution in [0.4, 0.5) is 0 Å². The van der Waals surface area contributed by atoms with Gasteiger partial charge in [0.2, 0.25) is 0 Å². The number of amides is 1. The van der Waals surface area contributed by atoms with Gasteiger partial charge in [-0.1, -0.05) is 0 Å². The van der Waals surface area contributed by atoms with Gasteiger partial charge in [0.1, 0.15) is 11.1 Å². The molecule has 250 valence electrons. The number of carbonyl (C=O) groups is 2. The molecule has 0 atom stereocenters. The number of nitrogens with two attached hydrogens (primary N) is 2. The highest BCUT2D eigenvalue weighted by Gasteiger charge is 2.50. The van der Waals surface area contributed by atoms with Crippen molar-refractivity contribution < 1.29 is 24.5 Å². The summed E-state index contributed by atoms with van der Waals surface area (Å²) in [4.78, 5) is 35.8. The molecule has 4 fully saturated rings. The first-order valence-corrected chi connectivity index (χ1v) is 15.4. The lowest BCUT2D eigenvalue weighted by molar-refractivity contribution is -0.153. The molecule has 0 radical (unpaired) electrons. The molecule has 0 unspecified atom stereocenters. The zero-order chi connectivity index (χ0) is 31.0. The maximum Gasteiger partial charge on any atom is 0.326 e. The molecule has 11 nitrogen and oxygen atoms in total. The van der Waals surface area contributed by atoms with E-state index in [1.807, 2.05) is 0 Å². The molecular weight excluding hydrogens is 607 g/mol. The highest BCUT2D eigenvalue weighted by Crippen LogP contribution is 2.42. The first kappa shape index (κ1) is 38.2. The second kappa shape index (κ2) is 14.2. The lowest BCUT2D eigenvalue weighted by atomic mass is 9.66. The average Bonchev–Trinajstić information content (AvgIpc) is 3.61. The number of aromatic nitrogens is 3. The zero-order valence-corrected chi connectivity index (χ0v) is 28.3. The molecular formula is C31H52Cl2N6O5. The molecule has 6 rings (SSSR count). The Morgan fingerprint density at radius 3 is 1.93 bits per heavy atom. The summed E-state index contributed by atoms with van der Waals surface area (Å²) in [5.74, 6) is 0.0635. The summed E-state index contributed by atoms with van der Waals surface area (Å²) in [5.41, 5.74) is 11.1. The minimum absolute atomic E-state index is 0. The lowest BCUT2D eigenvalue weighted by Crippen LogP contribution is -2.65. The summed E-state index contributed by atoms with van der Waals surface area (Å²) < 4.78 is 4.78. The SMILES string of the molecule is CC(C)(O)C1(N)CCC1.CC(C)(O)C1(NC(=O)c2c[nH]c3ncc(C4CC4)nc23)CCC1.CCOC(=O)C1(N)CCC1.Cl.Cl. The molecule has 0 aromatic carbocycles. The van der Waals surface area contributed by atoms with Gasteiger partial charge < -0.3 is 36.7 Å². The van der Waals surface area contributed by atoms with Gasteiger partial charge in [-0.2, -0.15) is 0 Å². The second-order valence-electron chi connectivity index (χ2n) is 13.7. The molecule has 4 saturated carbocycles. The first-order valence-electron chi connectivity index (χ1n) is 15.4. The highest BCUT2D eigenvalue weighted by atomic mass is 35.5. The predicted molar refractivity (Wildman–Crippen MR) is 175 cm³/mol. The normalized spacial score (nSPS) is 20.7. The molecule has 13 heteroatoms. The molecule has 0 bridgehead atoms. The van der Waals surface area contributed by atoms with E-state index >= 15 is 0 Å². The van der Waals surface area contributed by atoms with Gasteiger partial charge >= 0.3 is 5.97 Å². The second-order valence-corrected chi connectivity index (χ2v) is 13.7. The number of aromatic amines is 1. The Morgan fingerprint density at radius 1 is 1.00 bits per heavy atom.